The van der Waals surface area contributed by atoms with Gasteiger partial charge in [0.15, 0.2) is 3.95 Å². The highest BCUT2D eigenvalue weighted by atomic mass is 32.1. The highest BCUT2D eigenvalue weighted by molar-refractivity contribution is 7.73. The second-order valence-electron chi connectivity index (χ2n) is 11.1. The van der Waals surface area contributed by atoms with E-state index >= 15 is 0 Å². The molecule has 3 atom stereocenters. The molecule has 0 bridgehead atoms. The van der Waals surface area contributed by atoms with E-state index in [1.807, 2.05) is 4.68 Å². The van der Waals surface area contributed by atoms with Gasteiger partial charge in [0, 0.05) is 19.1 Å². The molecule has 1 aromatic heterocycles. The van der Waals surface area contributed by atoms with Crippen LogP contribution in [0.1, 0.15) is 99.3 Å². The lowest BCUT2D eigenvalue weighted by molar-refractivity contribution is 0.158. The average molecular weight is 543 g/mol. The lowest BCUT2D eigenvalue weighted by atomic mass is 9.98. The summed E-state index contributed by atoms with van der Waals surface area (Å²) in [5, 5.41) is 6.08. The molecule has 1 aromatic rings. The Morgan fingerprint density at radius 1 is 0.861 bits per heavy atom. The van der Waals surface area contributed by atoms with Crippen LogP contribution in [0.25, 0.3) is 0 Å². The minimum Gasteiger partial charge on any atom is -0.321 e. The molecular formula is C28H58N6S2. The highest BCUT2D eigenvalue weighted by Gasteiger charge is 2.23. The van der Waals surface area contributed by atoms with Gasteiger partial charge in [0.2, 0.25) is 5.13 Å². The minimum absolute atomic E-state index is 0.542. The summed E-state index contributed by atoms with van der Waals surface area (Å²) in [6.45, 7) is 18.7. The van der Waals surface area contributed by atoms with Crippen LogP contribution in [0.2, 0.25) is 0 Å². The quantitative estimate of drug-likeness (QED) is 0.119. The fourth-order valence-electron chi connectivity index (χ4n) is 4.77. The summed E-state index contributed by atoms with van der Waals surface area (Å²) >= 11 is 7.46. The van der Waals surface area contributed by atoms with Gasteiger partial charge in [-0.15, -0.1) is 5.10 Å². The topological polar surface area (TPSA) is 30.8 Å². The Morgan fingerprint density at radius 3 is 1.94 bits per heavy atom. The van der Waals surface area contributed by atoms with E-state index < -0.39 is 0 Å². The molecule has 0 aliphatic carbocycles. The van der Waals surface area contributed by atoms with Gasteiger partial charge in [0.05, 0.1) is 20.0 Å². The largest absolute Gasteiger partial charge is 0.321 e. The third-order valence-corrected chi connectivity index (χ3v) is 8.78. The van der Waals surface area contributed by atoms with Crippen molar-refractivity contribution in [3.05, 3.63) is 3.95 Å². The van der Waals surface area contributed by atoms with E-state index in [4.69, 9.17) is 17.3 Å². The van der Waals surface area contributed by atoms with E-state index in [-0.39, 0.29) is 0 Å². The molecule has 1 rings (SSSR count). The van der Waals surface area contributed by atoms with Gasteiger partial charge in [-0.1, -0.05) is 84.5 Å². The van der Waals surface area contributed by atoms with Crippen LogP contribution in [-0.4, -0.2) is 78.1 Å². The van der Waals surface area contributed by atoms with Gasteiger partial charge in [-0.05, 0) is 71.4 Å². The van der Waals surface area contributed by atoms with Crippen molar-refractivity contribution in [2.75, 3.05) is 52.5 Å². The van der Waals surface area contributed by atoms with Gasteiger partial charge in [-0.3, -0.25) is 14.7 Å². The molecule has 0 spiro atoms. The first-order chi connectivity index (χ1) is 17.2. The Bertz CT molecular complexity index is 734. The summed E-state index contributed by atoms with van der Waals surface area (Å²) < 4.78 is 2.90. The molecule has 0 saturated carbocycles. The maximum absolute atomic E-state index is 5.80. The summed E-state index contributed by atoms with van der Waals surface area (Å²) in [5.41, 5.74) is 0. The fourth-order valence-corrected chi connectivity index (χ4v) is 5.83. The van der Waals surface area contributed by atoms with Gasteiger partial charge in [-0.2, -0.15) is 0 Å². The Balaban J connectivity index is 3.03. The summed E-state index contributed by atoms with van der Waals surface area (Å²) in [6.07, 6.45) is 11.5. The van der Waals surface area contributed by atoms with E-state index in [9.17, 15) is 0 Å². The molecule has 3 unspecified atom stereocenters. The van der Waals surface area contributed by atoms with Crippen molar-refractivity contribution < 1.29 is 0 Å². The lowest BCUT2D eigenvalue weighted by Crippen LogP contribution is -2.47. The number of hydrogen-bond donors (Lipinski definition) is 0. The number of aromatic nitrogens is 2. The maximum atomic E-state index is 5.80. The summed E-state index contributed by atoms with van der Waals surface area (Å²) in [4.78, 5) is 9.73. The minimum atomic E-state index is 0.542. The first kappa shape index (κ1) is 33.5. The third-order valence-electron chi connectivity index (χ3n) is 7.41. The molecule has 212 valence electrons. The van der Waals surface area contributed by atoms with Crippen molar-refractivity contribution in [2.24, 2.45) is 11.8 Å². The predicted octanol–water partition coefficient (Wildman–Crippen LogP) is 7.38. The predicted molar refractivity (Wildman–Crippen MR) is 163 cm³/mol. The maximum Gasteiger partial charge on any atom is 0.209 e. The number of hydrogen-bond acceptors (Lipinski definition) is 7. The van der Waals surface area contributed by atoms with Crippen LogP contribution < -0.4 is 4.90 Å². The molecule has 8 heteroatoms. The molecule has 6 nitrogen and oxygen atoms in total. The Labute approximate surface area is 233 Å². The van der Waals surface area contributed by atoms with Gasteiger partial charge < -0.3 is 4.90 Å². The van der Waals surface area contributed by atoms with Crippen molar-refractivity contribution in [3.63, 3.8) is 0 Å². The highest BCUT2D eigenvalue weighted by Crippen LogP contribution is 2.24. The standard InChI is InChI=1S/C28H58N6S2/c1-10-15-17-25(13-4)19-31(9)22-34-28(35)36-27(29-34)33(21-30(7)8)23-32(24(6)12-3)20-26(14-5)18-16-11-2/h24-26H,10-23H2,1-9H3. The molecule has 0 amide bonds. The SMILES string of the molecule is CCCCC(CC)CN(C)Cn1nc(N(CN(C)C)CN(CC(CC)CCCC)C(C)CC)sc1=S. The molecule has 0 aliphatic rings. The lowest BCUT2D eigenvalue weighted by Gasteiger charge is -2.37. The molecule has 0 aromatic carbocycles. The fraction of sp³-hybridized carbons (Fsp3) is 0.929. The molecule has 0 radical (unpaired) electrons. The molecule has 0 fully saturated rings. The summed E-state index contributed by atoms with van der Waals surface area (Å²) in [7, 11) is 6.49. The first-order valence-electron chi connectivity index (χ1n) is 14.6. The van der Waals surface area contributed by atoms with Gasteiger partial charge in [0.1, 0.15) is 0 Å². The zero-order valence-corrected chi connectivity index (χ0v) is 26.8. The van der Waals surface area contributed by atoms with Crippen molar-refractivity contribution >= 4 is 28.7 Å². The van der Waals surface area contributed by atoms with Crippen molar-refractivity contribution in [2.45, 2.75) is 112 Å². The van der Waals surface area contributed by atoms with Gasteiger partial charge >= 0.3 is 0 Å². The molecule has 36 heavy (non-hydrogen) atoms. The van der Waals surface area contributed by atoms with Crippen LogP contribution >= 0.6 is 23.6 Å². The molecule has 1 heterocycles. The Kier molecular flexibility index (Phi) is 17.4. The van der Waals surface area contributed by atoms with E-state index in [0.717, 1.165) is 60.4 Å². The van der Waals surface area contributed by atoms with Crippen LogP contribution in [0.15, 0.2) is 0 Å². The van der Waals surface area contributed by atoms with E-state index in [1.165, 1.54) is 51.4 Å². The normalized spacial score (nSPS) is 14.7. The zero-order valence-electron chi connectivity index (χ0n) is 25.1. The van der Waals surface area contributed by atoms with Crippen LogP contribution in [0.5, 0.6) is 0 Å². The van der Waals surface area contributed by atoms with Crippen LogP contribution in [0.3, 0.4) is 0 Å². The molecule has 0 aliphatic heterocycles. The number of anilines is 1. The Morgan fingerprint density at radius 2 is 1.44 bits per heavy atom. The zero-order chi connectivity index (χ0) is 27.1. The number of unbranched alkanes of at least 4 members (excludes halogenated alkanes) is 2. The molecular weight excluding hydrogens is 484 g/mol. The van der Waals surface area contributed by atoms with E-state index in [1.54, 1.807) is 11.3 Å². The average Bonchev–Trinajstić information content (AvgIpc) is 3.21. The van der Waals surface area contributed by atoms with Crippen molar-refractivity contribution in [1.82, 2.24) is 24.5 Å². The third kappa shape index (κ3) is 12.3. The number of rotatable bonds is 21. The van der Waals surface area contributed by atoms with Crippen LogP contribution in [-0.2, 0) is 6.67 Å². The smallest absolute Gasteiger partial charge is 0.209 e. The van der Waals surface area contributed by atoms with Gasteiger partial charge in [-0.25, -0.2) is 4.68 Å². The van der Waals surface area contributed by atoms with E-state index in [0.29, 0.717) is 6.04 Å². The van der Waals surface area contributed by atoms with Gasteiger partial charge in [0.25, 0.3) is 0 Å². The van der Waals surface area contributed by atoms with Crippen LogP contribution in [0.4, 0.5) is 5.13 Å². The monoisotopic (exact) mass is 542 g/mol. The second kappa shape index (κ2) is 18.7. The van der Waals surface area contributed by atoms with Crippen molar-refractivity contribution in [1.29, 1.82) is 0 Å². The molecule has 0 N–H and O–H groups in total. The summed E-state index contributed by atoms with van der Waals surface area (Å²) in [6, 6.07) is 0.542. The Hall–Kier alpha value is -0.540. The number of nitrogens with zero attached hydrogens (tertiary/aromatic N) is 6. The summed E-state index contributed by atoms with van der Waals surface area (Å²) in [5.74, 6) is 1.50. The van der Waals surface area contributed by atoms with Crippen molar-refractivity contribution in [3.8, 4) is 0 Å². The first-order valence-corrected chi connectivity index (χ1v) is 15.8. The second-order valence-corrected chi connectivity index (χ2v) is 12.7. The van der Waals surface area contributed by atoms with E-state index in [2.05, 4.69) is 82.3 Å². The van der Waals surface area contributed by atoms with Crippen LogP contribution in [0, 0.1) is 15.8 Å². The molecule has 0 saturated heterocycles.